The monoisotopic (exact) mass is 300 g/mol. The minimum absolute atomic E-state index is 0.0236. The van der Waals surface area contributed by atoms with Crippen LogP contribution in [0, 0.1) is 10.1 Å². The molecule has 0 fully saturated rings. The molecular weight excluding hydrogens is 288 g/mol. The number of nitrogens with one attached hydrogen (secondary N) is 2. The zero-order chi connectivity index (χ0) is 15.1. The van der Waals surface area contributed by atoms with Gasteiger partial charge in [-0.2, -0.15) is 0 Å². The highest BCUT2D eigenvalue weighted by atomic mass is 35.5. The topological polar surface area (TPSA) is 114 Å². The molecule has 2 N–H and O–H groups in total. The summed E-state index contributed by atoms with van der Waals surface area (Å²) < 4.78 is 0. The molecule has 0 saturated heterocycles. The molecule has 108 valence electrons. The second-order valence-electron chi connectivity index (χ2n) is 3.74. The molecule has 0 spiro atoms. The van der Waals surface area contributed by atoms with Crippen molar-refractivity contribution in [3.05, 3.63) is 33.1 Å². The molecule has 8 nitrogen and oxygen atoms in total. The third-order valence-corrected chi connectivity index (χ3v) is 2.51. The standard InChI is InChI=1S/C11H13ClN4O4/c1-2-13-10(17)3-4-14-11(18)7-5-9(12)15-6-8(7)16(19)20/h5-6H,2-4H2,1H3,(H,13,17)(H,14,18). The summed E-state index contributed by atoms with van der Waals surface area (Å²) in [6.45, 7) is 2.35. The minimum atomic E-state index is -0.720. The minimum Gasteiger partial charge on any atom is -0.356 e. The van der Waals surface area contributed by atoms with E-state index in [4.69, 9.17) is 11.6 Å². The van der Waals surface area contributed by atoms with Gasteiger partial charge < -0.3 is 10.6 Å². The summed E-state index contributed by atoms with van der Waals surface area (Å²) in [7, 11) is 0. The first-order chi connectivity index (χ1) is 9.45. The number of hydrogen-bond acceptors (Lipinski definition) is 5. The molecule has 0 unspecified atom stereocenters. The molecule has 0 aliphatic carbocycles. The lowest BCUT2D eigenvalue weighted by Crippen LogP contribution is -2.30. The molecule has 0 aliphatic heterocycles. The van der Waals surface area contributed by atoms with E-state index < -0.39 is 16.5 Å². The molecule has 1 aromatic rings. The van der Waals surface area contributed by atoms with Gasteiger partial charge in [-0.25, -0.2) is 4.98 Å². The Morgan fingerprint density at radius 2 is 2.15 bits per heavy atom. The van der Waals surface area contributed by atoms with Gasteiger partial charge in [0.05, 0.1) is 4.92 Å². The number of pyridine rings is 1. The maximum atomic E-state index is 11.8. The number of hydrogen-bond donors (Lipinski definition) is 2. The number of amides is 2. The van der Waals surface area contributed by atoms with E-state index in [-0.39, 0.29) is 29.6 Å². The predicted molar refractivity (Wildman–Crippen MR) is 71.5 cm³/mol. The number of nitrogens with zero attached hydrogens (tertiary/aromatic N) is 2. The molecule has 0 aliphatic rings. The molecule has 0 bridgehead atoms. The fraction of sp³-hybridized carbons (Fsp3) is 0.364. The summed E-state index contributed by atoms with van der Waals surface area (Å²) in [4.78, 5) is 36.6. The van der Waals surface area contributed by atoms with E-state index in [0.29, 0.717) is 6.54 Å². The van der Waals surface area contributed by atoms with Gasteiger partial charge in [0.1, 0.15) is 16.9 Å². The molecule has 0 saturated carbocycles. The van der Waals surface area contributed by atoms with Crippen molar-refractivity contribution in [1.82, 2.24) is 15.6 Å². The Bertz CT molecular complexity index is 535. The molecule has 0 aromatic carbocycles. The third kappa shape index (κ3) is 4.47. The van der Waals surface area contributed by atoms with Crippen molar-refractivity contribution in [1.29, 1.82) is 0 Å². The van der Waals surface area contributed by atoms with Crippen LogP contribution in [0.15, 0.2) is 12.3 Å². The number of aromatic nitrogens is 1. The highest BCUT2D eigenvalue weighted by Crippen LogP contribution is 2.20. The zero-order valence-electron chi connectivity index (χ0n) is 10.7. The van der Waals surface area contributed by atoms with Crippen LogP contribution in [0.4, 0.5) is 5.69 Å². The molecule has 2 amide bonds. The van der Waals surface area contributed by atoms with Crippen LogP contribution >= 0.6 is 11.6 Å². The number of nitro groups is 1. The SMILES string of the molecule is CCNC(=O)CCNC(=O)c1cc(Cl)ncc1[N+](=O)[O-]. The normalized spacial score (nSPS) is 9.90. The van der Waals surface area contributed by atoms with Crippen molar-refractivity contribution in [3.63, 3.8) is 0 Å². The predicted octanol–water partition coefficient (Wildman–Crippen LogP) is 0.899. The van der Waals surface area contributed by atoms with E-state index in [1.807, 2.05) is 0 Å². The van der Waals surface area contributed by atoms with Crippen LogP contribution in [0.25, 0.3) is 0 Å². The van der Waals surface area contributed by atoms with E-state index in [9.17, 15) is 19.7 Å². The molecular formula is C11H13ClN4O4. The third-order valence-electron chi connectivity index (χ3n) is 2.30. The van der Waals surface area contributed by atoms with E-state index >= 15 is 0 Å². The number of halogens is 1. The largest absolute Gasteiger partial charge is 0.356 e. The Kier molecular flexibility index (Phi) is 5.85. The summed E-state index contributed by atoms with van der Waals surface area (Å²) >= 11 is 5.61. The van der Waals surface area contributed by atoms with Crippen LogP contribution in [0.1, 0.15) is 23.7 Å². The van der Waals surface area contributed by atoms with Crippen LogP contribution in [0.3, 0.4) is 0 Å². The Labute approximate surface area is 119 Å². The molecule has 20 heavy (non-hydrogen) atoms. The first-order valence-electron chi connectivity index (χ1n) is 5.80. The lowest BCUT2D eigenvalue weighted by molar-refractivity contribution is -0.385. The van der Waals surface area contributed by atoms with E-state index in [1.54, 1.807) is 6.92 Å². The first kappa shape index (κ1) is 15.8. The van der Waals surface area contributed by atoms with Gasteiger partial charge in [0.2, 0.25) is 5.91 Å². The molecule has 0 atom stereocenters. The van der Waals surface area contributed by atoms with Crippen molar-refractivity contribution in [2.24, 2.45) is 0 Å². The molecule has 0 radical (unpaired) electrons. The molecule has 1 rings (SSSR count). The highest BCUT2D eigenvalue weighted by Gasteiger charge is 2.21. The second-order valence-corrected chi connectivity index (χ2v) is 4.13. The average Bonchev–Trinajstić information content (AvgIpc) is 2.38. The van der Waals surface area contributed by atoms with Crippen LogP contribution in [-0.4, -0.2) is 34.8 Å². The number of rotatable bonds is 6. The summed E-state index contributed by atoms with van der Waals surface area (Å²) in [6, 6.07) is 1.11. The van der Waals surface area contributed by atoms with Crippen molar-refractivity contribution in [2.75, 3.05) is 13.1 Å². The highest BCUT2D eigenvalue weighted by molar-refractivity contribution is 6.29. The Hall–Kier alpha value is -2.22. The Balaban J connectivity index is 2.70. The first-order valence-corrected chi connectivity index (χ1v) is 6.18. The fourth-order valence-electron chi connectivity index (χ4n) is 1.42. The van der Waals surface area contributed by atoms with Crippen LogP contribution < -0.4 is 10.6 Å². The number of carbonyl (C=O) groups excluding carboxylic acids is 2. The van der Waals surface area contributed by atoms with Crippen LogP contribution in [0.2, 0.25) is 5.15 Å². The maximum absolute atomic E-state index is 11.8. The second kappa shape index (κ2) is 7.39. The number of carbonyl (C=O) groups is 2. The maximum Gasteiger partial charge on any atom is 0.300 e. The molecule has 9 heteroatoms. The lowest BCUT2D eigenvalue weighted by Gasteiger charge is -2.06. The van der Waals surface area contributed by atoms with E-state index in [2.05, 4.69) is 15.6 Å². The molecule has 1 heterocycles. The van der Waals surface area contributed by atoms with Crippen LogP contribution in [0.5, 0.6) is 0 Å². The van der Waals surface area contributed by atoms with Gasteiger partial charge in [-0.15, -0.1) is 0 Å². The summed E-state index contributed by atoms with van der Waals surface area (Å²) in [5.41, 5.74) is -0.629. The van der Waals surface area contributed by atoms with Gasteiger partial charge in [0, 0.05) is 19.5 Å². The van der Waals surface area contributed by atoms with Gasteiger partial charge in [-0.05, 0) is 13.0 Å². The van der Waals surface area contributed by atoms with Crippen LogP contribution in [-0.2, 0) is 4.79 Å². The van der Waals surface area contributed by atoms with Crippen molar-refractivity contribution < 1.29 is 14.5 Å². The lowest BCUT2D eigenvalue weighted by atomic mass is 10.2. The van der Waals surface area contributed by atoms with Crippen molar-refractivity contribution >= 4 is 29.1 Å². The van der Waals surface area contributed by atoms with Gasteiger partial charge in [0.25, 0.3) is 11.6 Å². The quantitative estimate of drug-likeness (QED) is 0.460. The Morgan fingerprint density at radius 3 is 2.75 bits per heavy atom. The summed E-state index contributed by atoms with van der Waals surface area (Å²) in [5.74, 6) is -0.889. The van der Waals surface area contributed by atoms with Gasteiger partial charge in [-0.3, -0.25) is 19.7 Å². The van der Waals surface area contributed by atoms with Crippen molar-refractivity contribution in [2.45, 2.75) is 13.3 Å². The smallest absolute Gasteiger partial charge is 0.300 e. The van der Waals surface area contributed by atoms with Crippen molar-refractivity contribution in [3.8, 4) is 0 Å². The van der Waals surface area contributed by atoms with Gasteiger partial charge in [-0.1, -0.05) is 11.6 Å². The van der Waals surface area contributed by atoms with Gasteiger partial charge >= 0.3 is 0 Å². The zero-order valence-corrected chi connectivity index (χ0v) is 11.4. The summed E-state index contributed by atoms with van der Waals surface area (Å²) in [5, 5.41) is 15.7. The summed E-state index contributed by atoms with van der Waals surface area (Å²) in [6.07, 6.45) is 1.01. The molecule has 1 aromatic heterocycles. The van der Waals surface area contributed by atoms with E-state index in [0.717, 1.165) is 12.3 Å². The van der Waals surface area contributed by atoms with E-state index in [1.165, 1.54) is 0 Å². The Morgan fingerprint density at radius 1 is 1.45 bits per heavy atom. The fourth-order valence-corrected chi connectivity index (χ4v) is 1.58. The van der Waals surface area contributed by atoms with Gasteiger partial charge in [0.15, 0.2) is 0 Å². The average molecular weight is 301 g/mol.